The molecule has 0 aliphatic heterocycles. The molecule has 0 atom stereocenters. The maximum atomic E-state index is 10.7. The van der Waals surface area contributed by atoms with E-state index in [1.165, 1.54) is 17.8 Å². The molecular formula is C8H7BrClNO2S. The molecule has 0 saturated carbocycles. The Labute approximate surface area is 99.1 Å². The molecule has 76 valence electrons. The Hall–Kier alpha value is -0.260. The highest BCUT2D eigenvalue weighted by atomic mass is 79.9. The van der Waals surface area contributed by atoms with Crippen molar-refractivity contribution in [2.75, 3.05) is 11.6 Å². The van der Waals surface area contributed by atoms with Crippen molar-refractivity contribution in [3.05, 3.63) is 32.8 Å². The van der Waals surface area contributed by atoms with Gasteiger partial charge in [0.2, 0.25) is 0 Å². The van der Waals surface area contributed by atoms with Gasteiger partial charge in [-0.05, 0) is 12.1 Å². The van der Waals surface area contributed by atoms with Crippen LogP contribution in [0.15, 0.2) is 27.6 Å². The van der Waals surface area contributed by atoms with Gasteiger partial charge in [0.25, 0.3) is 5.69 Å². The minimum Gasteiger partial charge on any atom is -0.258 e. The average Bonchev–Trinajstić information content (AvgIpc) is 2.15. The number of nitrogens with zero attached hydrogens (tertiary/aromatic N) is 1. The molecule has 3 nitrogen and oxygen atoms in total. The lowest BCUT2D eigenvalue weighted by molar-refractivity contribution is -0.387. The molecule has 0 amide bonds. The van der Waals surface area contributed by atoms with Crippen molar-refractivity contribution < 1.29 is 4.92 Å². The van der Waals surface area contributed by atoms with Crippen molar-refractivity contribution >= 4 is 45.0 Å². The van der Waals surface area contributed by atoms with Gasteiger partial charge in [-0.25, -0.2) is 0 Å². The summed E-state index contributed by atoms with van der Waals surface area (Å²) in [5.74, 6) is 1.15. The highest BCUT2D eigenvalue weighted by Crippen LogP contribution is 2.31. The van der Waals surface area contributed by atoms with Crippen molar-refractivity contribution in [2.24, 2.45) is 0 Å². The number of nitro benzene ring substituents is 1. The Balaban J connectivity index is 2.96. The van der Waals surface area contributed by atoms with E-state index >= 15 is 0 Å². The summed E-state index contributed by atoms with van der Waals surface area (Å²) in [5, 5.41) is 10.7. The third kappa shape index (κ3) is 3.15. The molecule has 0 bridgehead atoms. The van der Waals surface area contributed by atoms with Gasteiger partial charge in [-0.2, -0.15) is 0 Å². The van der Waals surface area contributed by atoms with Crippen LogP contribution in [0.1, 0.15) is 0 Å². The minimum atomic E-state index is -0.388. The Morgan fingerprint density at radius 3 is 2.86 bits per heavy atom. The zero-order valence-electron chi connectivity index (χ0n) is 7.07. The lowest BCUT2D eigenvalue weighted by atomic mass is 10.3. The lowest BCUT2D eigenvalue weighted by Gasteiger charge is -2.01. The molecule has 1 aromatic carbocycles. The molecule has 0 aliphatic carbocycles. The van der Waals surface area contributed by atoms with Crippen molar-refractivity contribution in [3.63, 3.8) is 0 Å². The first kappa shape index (κ1) is 11.8. The fourth-order valence-corrected chi connectivity index (χ4v) is 2.23. The fourth-order valence-electron chi connectivity index (χ4n) is 0.904. The molecule has 0 N–H and O–H groups in total. The van der Waals surface area contributed by atoms with Crippen molar-refractivity contribution in [2.45, 2.75) is 4.90 Å². The first-order valence-electron chi connectivity index (χ1n) is 3.78. The standard InChI is InChI=1S/C8H7BrClNO2S/c9-6-1-2-8(14-4-3-10)7(5-6)11(12)13/h1-2,5H,3-4H2. The molecule has 0 radical (unpaired) electrons. The van der Waals surface area contributed by atoms with Gasteiger partial charge in [-0.15, -0.1) is 23.4 Å². The third-order valence-corrected chi connectivity index (χ3v) is 3.42. The summed E-state index contributed by atoms with van der Waals surface area (Å²) in [6.07, 6.45) is 0. The summed E-state index contributed by atoms with van der Waals surface area (Å²) in [7, 11) is 0. The van der Waals surface area contributed by atoms with E-state index in [0.29, 0.717) is 21.0 Å². The Bertz CT molecular complexity index is 348. The number of nitro groups is 1. The highest BCUT2D eigenvalue weighted by molar-refractivity contribution is 9.10. The molecular weight excluding hydrogens is 290 g/mol. The van der Waals surface area contributed by atoms with E-state index in [4.69, 9.17) is 11.6 Å². The number of hydrogen-bond donors (Lipinski definition) is 0. The second kappa shape index (κ2) is 5.58. The number of alkyl halides is 1. The summed E-state index contributed by atoms with van der Waals surface area (Å²) in [4.78, 5) is 10.9. The molecule has 0 heterocycles. The van der Waals surface area contributed by atoms with Gasteiger partial charge >= 0.3 is 0 Å². The zero-order valence-corrected chi connectivity index (χ0v) is 10.2. The molecule has 0 saturated heterocycles. The SMILES string of the molecule is O=[N+]([O-])c1cc(Br)ccc1SCCCl. The lowest BCUT2D eigenvalue weighted by Crippen LogP contribution is -1.91. The molecule has 14 heavy (non-hydrogen) atoms. The van der Waals surface area contributed by atoms with Crippen LogP contribution >= 0.6 is 39.3 Å². The summed E-state index contributed by atoms with van der Waals surface area (Å²) < 4.78 is 0.708. The highest BCUT2D eigenvalue weighted by Gasteiger charge is 2.13. The third-order valence-electron chi connectivity index (χ3n) is 1.45. The Morgan fingerprint density at radius 1 is 1.57 bits per heavy atom. The largest absolute Gasteiger partial charge is 0.283 e. The molecule has 1 rings (SSSR count). The van der Waals surface area contributed by atoms with Gasteiger partial charge in [0.1, 0.15) is 0 Å². The quantitative estimate of drug-likeness (QED) is 0.368. The minimum absolute atomic E-state index is 0.120. The Kier molecular flexibility index (Phi) is 4.71. The summed E-state index contributed by atoms with van der Waals surface area (Å²) >= 11 is 10.1. The van der Waals surface area contributed by atoms with Gasteiger partial charge < -0.3 is 0 Å². The van der Waals surface area contributed by atoms with Gasteiger partial charge in [-0.3, -0.25) is 10.1 Å². The Morgan fingerprint density at radius 2 is 2.29 bits per heavy atom. The van der Waals surface area contributed by atoms with Crippen molar-refractivity contribution in [1.82, 2.24) is 0 Å². The van der Waals surface area contributed by atoms with Crippen LogP contribution in [0.3, 0.4) is 0 Å². The van der Waals surface area contributed by atoms with E-state index in [2.05, 4.69) is 15.9 Å². The van der Waals surface area contributed by atoms with Crippen LogP contribution in [0, 0.1) is 10.1 Å². The van der Waals surface area contributed by atoms with E-state index < -0.39 is 0 Å². The number of benzene rings is 1. The zero-order chi connectivity index (χ0) is 10.6. The predicted octanol–water partition coefficient (Wildman–Crippen LogP) is 3.69. The molecule has 1 aromatic rings. The number of rotatable bonds is 4. The molecule has 0 spiro atoms. The number of hydrogen-bond acceptors (Lipinski definition) is 3. The average molecular weight is 297 g/mol. The number of halogens is 2. The van der Waals surface area contributed by atoms with Gasteiger partial charge in [0.05, 0.1) is 9.82 Å². The van der Waals surface area contributed by atoms with Crippen LogP contribution in [0.25, 0.3) is 0 Å². The van der Waals surface area contributed by atoms with E-state index in [0.717, 1.165) is 0 Å². The van der Waals surface area contributed by atoms with Crippen LogP contribution < -0.4 is 0 Å². The van der Waals surface area contributed by atoms with Gasteiger partial charge in [-0.1, -0.05) is 15.9 Å². The van der Waals surface area contributed by atoms with Crippen LogP contribution in [0.5, 0.6) is 0 Å². The predicted molar refractivity (Wildman–Crippen MR) is 62.2 cm³/mol. The molecule has 6 heteroatoms. The van der Waals surface area contributed by atoms with Crippen molar-refractivity contribution in [1.29, 1.82) is 0 Å². The topological polar surface area (TPSA) is 43.1 Å². The molecule has 0 unspecified atom stereocenters. The number of thioether (sulfide) groups is 1. The normalized spacial score (nSPS) is 10.1. The second-order valence-electron chi connectivity index (χ2n) is 2.41. The van der Waals surface area contributed by atoms with Crippen LogP contribution in [0.2, 0.25) is 0 Å². The first-order valence-corrected chi connectivity index (χ1v) is 6.09. The van der Waals surface area contributed by atoms with E-state index in [-0.39, 0.29) is 10.6 Å². The molecule has 0 aliphatic rings. The van der Waals surface area contributed by atoms with E-state index in [1.54, 1.807) is 12.1 Å². The molecule has 0 aromatic heterocycles. The van der Waals surface area contributed by atoms with Gasteiger partial charge in [0.15, 0.2) is 0 Å². The van der Waals surface area contributed by atoms with E-state index in [9.17, 15) is 10.1 Å². The smallest absolute Gasteiger partial charge is 0.258 e. The summed E-state index contributed by atoms with van der Waals surface area (Å²) in [5.41, 5.74) is 0.120. The van der Waals surface area contributed by atoms with Crippen LogP contribution in [-0.4, -0.2) is 16.6 Å². The maximum Gasteiger partial charge on any atom is 0.283 e. The van der Waals surface area contributed by atoms with Crippen molar-refractivity contribution in [3.8, 4) is 0 Å². The van der Waals surface area contributed by atoms with E-state index in [1.807, 2.05) is 0 Å². The first-order chi connectivity index (χ1) is 6.65. The van der Waals surface area contributed by atoms with Crippen LogP contribution in [0.4, 0.5) is 5.69 Å². The monoisotopic (exact) mass is 295 g/mol. The maximum absolute atomic E-state index is 10.7. The second-order valence-corrected chi connectivity index (χ2v) is 4.84. The summed E-state index contributed by atoms with van der Waals surface area (Å²) in [6, 6.07) is 5.00. The van der Waals surface area contributed by atoms with Crippen LogP contribution in [-0.2, 0) is 0 Å². The summed E-state index contributed by atoms with van der Waals surface area (Å²) in [6.45, 7) is 0. The van der Waals surface area contributed by atoms with Gasteiger partial charge in [0, 0.05) is 22.2 Å². The molecule has 0 fully saturated rings. The fraction of sp³-hybridized carbons (Fsp3) is 0.250.